The Kier molecular flexibility index (Phi) is 2.55. The molecule has 0 aliphatic heterocycles. The van der Waals surface area contributed by atoms with E-state index in [1.54, 1.807) is 6.07 Å². The molecule has 0 amide bonds. The van der Waals surface area contributed by atoms with E-state index in [9.17, 15) is 9.90 Å². The topological polar surface area (TPSA) is 37.3 Å². The fourth-order valence-electron chi connectivity index (χ4n) is 5.12. The number of phenols is 1. The quantitative estimate of drug-likeness (QED) is 0.783. The van der Waals surface area contributed by atoms with Crippen LogP contribution in [0, 0.1) is 23.2 Å². The molecule has 20 heavy (non-hydrogen) atoms. The van der Waals surface area contributed by atoms with Gasteiger partial charge in [-0.05, 0) is 73.1 Å². The molecule has 2 fully saturated rings. The number of ketones is 1. The smallest absolute Gasteiger partial charge is 0.139 e. The van der Waals surface area contributed by atoms with Crippen molar-refractivity contribution in [2.24, 2.45) is 23.2 Å². The first-order valence-electron chi connectivity index (χ1n) is 7.90. The van der Waals surface area contributed by atoms with Crippen LogP contribution < -0.4 is 0 Å². The minimum atomic E-state index is -0.0322. The lowest BCUT2D eigenvalue weighted by Crippen LogP contribution is -2.42. The summed E-state index contributed by atoms with van der Waals surface area (Å²) in [6, 6.07) is 5.82. The van der Waals surface area contributed by atoms with E-state index in [-0.39, 0.29) is 5.41 Å². The summed E-state index contributed by atoms with van der Waals surface area (Å²) in [7, 11) is 0. The molecule has 2 heteroatoms. The molecule has 4 rings (SSSR count). The van der Waals surface area contributed by atoms with Crippen LogP contribution in [0.1, 0.15) is 43.7 Å². The van der Waals surface area contributed by atoms with Gasteiger partial charge in [0.15, 0.2) is 0 Å². The van der Waals surface area contributed by atoms with Crippen molar-refractivity contribution in [3.8, 4) is 5.75 Å². The van der Waals surface area contributed by atoms with Gasteiger partial charge >= 0.3 is 0 Å². The molecular formula is C18H22O2. The fraction of sp³-hybridized carbons (Fsp3) is 0.611. The molecule has 4 atom stereocenters. The van der Waals surface area contributed by atoms with Crippen LogP contribution in [0.15, 0.2) is 18.2 Å². The van der Waals surface area contributed by atoms with Gasteiger partial charge < -0.3 is 5.11 Å². The number of benzene rings is 1. The van der Waals surface area contributed by atoms with Gasteiger partial charge in [-0.2, -0.15) is 0 Å². The highest BCUT2D eigenvalue weighted by molar-refractivity contribution is 5.87. The van der Waals surface area contributed by atoms with E-state index in [2.05, 4.69) is 13.0 Å². The van der Waals surface area contributed by atoms with E-state index in [0.29, 0.717) is 29.3 Å². The van der Waals surface area contributed by atoms with Crippen LogP contribution in [0.25, 0.3) is 0 Å². The molecular weight excluding hydrogens is 248 g/mol. The number of carbonyl (C=O) groups excluding carboxylic acids is 1. The van der Waals surface area contributed by atoms with Crippen molar-refractivity contribution in [3.63, 3.8) is 0 Å². The van der Waals surface area contributed by atoms with Crippen molar-refractivity contribution < 1.29 is 9.90 Å². The molecule has 0 unspecified atom stereocenters. The molecule has 2 saturated carbocycles. The van der Waals surface area contributed by atoms with Crippen LogP contribution in [-0.2, 0) is 17.6 Å². The first kappa shape index (κ1) is 12.4. The fourth-order valence-corrected chi connectivity index (χ4v) is 5.12. The number of hydrogen-bond donors (Lipinski definition) is 1. The van der Waals surface area contributed by atoms with Crippen LogP contribution in [0.4, 0.5) is 0 Å². The zero-order chi connectivity index (χ0) is 13.9. The standard InChI is InChI=1S/C18H22O2/c1-18-10-14-6-11-2-4-16(19)9-13(11)7-12(14)8-15(18)3-5-17(18)20/h2,4,9,12,14-15,19H,3,5-8,10H2,1H3/t12-,14-,15+,18+/m1/s1. The third-order valence-corrected chi connectivity index (χ3v) is 6.35. The summed E-state index contributed by atoms with van der Waals surface area (Å²) < 4.78 is 0. The summed E-state index contributed by atoms with van der Waals surface area (Å²) in [6.07, 6.45) is 6.38. The molecule has 2 nitrogen and oxygen atoms in total. The lowest BCUT2D eigenvalue weighted by Gasteiger charge is -2.46. The summed E-state index contributed by atoms with van der Waals surface area (Å²) in [5.41, 5.74) is 2.69. The number of aromatic hydroxyl groups is 1. The summed E-state index contributed by atoms with van der Waals surface area (Å²) in [6.45, 7) is 2.22. The zero-order valence-electron chi connectivity index (χ0n) is 12.1. The molecule has 0 aromatic heterocycles. The van der Waals surface area contributed by atoms with Gasteiger partial charge in [0.05, 0.1) is 0 Å². The third-order valence-electron chi connectivity index (χ3n) is 6.35. The van der Waals surface area contributed by atoms with E-state index >= 15 is 0 Å². The normalized spacial score (nSPS) is 39.0. The van der Waals surface area contributed by atoms with Gasteiger partial charge in [-0.3, -0.25) is 4.79 Å². The Balaban J connectivity index is 1.66. The first-order chi connectivity index (χ1) is 9.56. The molecule has 3 aliphatic carbocycles. The van der Waals surface area contributed by atoms with Crippen LogP contribution >= 0.6 is 0 Å². The van der Waals surface area contributed by atoms with Crippen molar-refractivity contribution in [2.75, 3.05) is 0 Å². The molecule has 1 N–H and O–H groups in total. The number of hydrogen-bond acceptors (Lipinski definition) is 2. The van der Waals surface area contributed by atoms with Crippen molar-refractivity contribution >= 4 is 5.78 Å². The molecule has 1 aromatic rings. The Labute approximate surface area is 120 Å². The highest BCUT2D eigenvalue weighted by atomic mass is 16.3. The van der Waals surface area contributed by atoms with Gasteiger partial charge in [0.1, 0.15) is 11.5 Å². The largest absolute Gasteiger partial charge is 0.508 e. The number of phenolic OH excluding ortho intramolecular Hbond substituents is 1. The van der Waals surface area contributed by atoms with E-state index in [4.69, 9.17) is 0 Å². The van der Waals surface area contributed by atoms with Crippen LogP contribution in [-0.4, -0.2) is 10.9 Å². The van der Waals surface area contributed by atoms with Crippen LogP contribution in [0.5, 0.6) is 5.75 Å². The maximum Gasteiger partial charge on any atom is 0.139 e. The minimum absolute atomic E-state index is 0.0322. The SMILES string of the molecule is C[C@]12C[C@H]3Cc4ccc(O)cc4C[C@@H]3C[C@@H]1CCC2=O. The number of fused-ring (bicyclic) bond motifs is 3. The molecule has 1 aromatic carbocycles. The predicted molar refractivity (Wildman–Crippen MR) is 77.6 cm³/mol. The summed E-state index contributed by atoms with van der Waals surface area (Å²) in [4.78, 5) is 12.3. The van der Waals surface area contributed by atoms with E-state index < -0.39 is 0 Å². The Morgan fingerprint density at radius 1 is 1.20 bits per heavy atom. The highest BCUT2D eigenvalue weighted by Gasteiger charge is 2.52. The third kappa shape index (κ3) is 1.66. The summed E-state index contributed by atoms with van der Waals surface area (Å²) in [5, 5.41) is 9.67. The molecule has 3 aliphatic rings. The molecule has 0 radical (unpaired) electrons. The van der Waals surface area contributed by atoms with Crippen LogP contribution in [0.2, 0.25) is 0 Å². The van der Waals surface area contributed by atoms with Gasteiger partial charge in [-0.25, -0.2) is 0 Å². The minimum Gasteiger partial charge on any atom is -0.508 e. The van der Waals surface area contributed by atoms with Gasteiger partial charge in [-0.1, -0.05) is 13.0 Å². The van der Waals surface area contributed by atoms with E-state index in [1.165, 1.54) is 17.5 Å². The summed E-state index contributed by atoms with van der Waals surface area (Å²) >= 11 is 0. The average molecular weight is 270 g/mol. The summed E-state index contributed by atoms with van der Waals surface area (Å²) in [5.74, 6) is 2.88. The van der Waals surface area contributed by atoms with Gasteiger partial charge in [0.2, 0.25) is 0 Å². The van der Waals surface area contributed by atoms with Crippen molar-refractivity contribution in [1.29, 1.82) is 0 Å². The van der Waals surface area contributed by atoms with E-state index in [1.807, 2.05) is 6.07 Å². The second-order valence-electron chi connectivity index (χ2n) is 7.40. The predicted octanol–water partition coefficient (Wildman–Crippen LogP) is 3.50. The van der Waals surface area contributed by atoms with Gasteiger partial charge in [-0.15, -0.1) is 0 Å². The average Bonchev–Trinajstić information content (AvgIpc) is 2.70. The highest BCUT2D eigenvalue weighted by Crippen LogP contribution is 2.55. The maximum absolute atomic E-state index is 12.3. The van der Waals surface area contributed by atoms with E-state index in [0.717, 1.165) is 32.1 Å². The Morgan fingerprint density at radius 2 is 2.00 bits per heavy atom. The molecule has 0 saturated heterocycles. The number of Topliss-reactive ketones (excluding diaryl/α,β-unsaturated/α-hetero) is 1. The Morgan fingerprint density at radius 3 is 2.85 bits per heavy atom. The van der Waals surface area contributed by atoms with Gasteiger partial charge in [0, 0.05) is 11.8 Å². The maximum atomic E-state index is 12.3. The Hall–Kier alpha value is -1.31. The lowest BCUT2D eigenvalue weighted by molar-refractivity contribution is -0.129. The molecule has 106 valence electrons. The molecule has 0 bridgehead atoms. The van der Waals surface area contributed by atoms with Crippen molar-refractivity contribution in [3.05, 3.63) is 29.3 Å². The second-order valence-corrected chi connectivity index (χ2v) is 7.40. The first-order valence-corrected chi connectivity index (χ1v) is 7.90. The second kappa shape index (κ2) is 4.09. The zero-order valence-corrected chi connectivity index (χ0v) is 12.1. The van der Waals surface area contributed by atoms with Crippen molar-refractivity contribution in [1.82, 2.24) is 0 Å². The molecule has 0 heterocycles. The monoisotopic (exact) mass is 270 g/mol. The molecule has 0 spiro atoms. The van der Waals surface area contributed by atoms with Crippen molar-refractivity contribution in [2.45, 2.75) is 45.4 Å². The number of rotatable bonds is 0. The lowest BCUT2D eigenvalue weighted by atomic mass is 9.57. The van der Waals surface area contributed by atoms with Gasteiger partial charge in [0.25, 0.3) is 0 Å². The Bertz CT molecular complexity index is 577. The number of carbonyl (C=O) groups is 1. The van der Waals surface area contributed by atoms with Crippen LogP contribution in [0.3, 0.4) is 0 Å².